The van der Waals surface area contributed by atoms with E-state index in [-0.39, 0.29) is 10.6 Å². The topological polar surface area (TPSA) is 98.2 Å². The standard InChI is InChI=1S/C19H18N6O2/c1-20-10-9-17-22-23-18-12-21-19(13-5-3-2-4-6-13)15-11-14(25(26)27)7-8-16(15)24(17)18/h2-8,11,20H,9-10,12H2,1H3. The van der Waals surface area contributed by atoms with E-state index in [0.717, 1.165) is 35.2 Å². The molecule has 0 atom stereocenters. The van der Waals surface area contributed by atoms with Crippen molar-refractivity contribution < 1.29 is 4.92 Å². The number of benzene rings is 2. The molecule has 1 aromatic heterocycles. The Morgan fingerprint density at radius 1 is 1.19 bits per heavy atom. The molecule has 2 aromatic carbocycles. The number of aromatic nitrogens is 3. The molecule has 0 amide bonds. The molecule has 0 saturated heterocycles. The van der Waals surface area contributed by atoms with Crippen LogP contribution < -0.4 is 5.32 Å². The largest absolute Gasteiger partial charge is 0.319 e. The van der Waals surface area contributed by atoms with Crippen molar-refractivity contribution in [2.45, 2.75) is 13.0 Å². The van der Waals surface area contributed by atoms with Crippen LogP contribution in [0.15, 0.2) is 53.5 Å². The maximum absolute atomic E-state index is 11.3. The van der Waals surface area contributed by atoms with Crippen LogP contribution in [0.2, 0.25) is 0 Å². The van der Waals surface area contributed by atoms with E-state index in [2.05, 4.69) is 15.5 Å². The molecule has 1 aliphatic rings. The predicted octanol–water partition coefficient (Wildman–Crippen LogP) is 2.29. The zero-order valence-corrected chi connectivity index (χ0v) is 14.8. The second-order valence-electron chi connectivity index (χ2n) is 6.21. The molecule has 2 heterocycles. The average molecular weight is 362 g/mol. The minimum absolute atomic E-state index is 0.0330. The number of nitrogens with zero attached hydrogens (tertiary/aromatic N) is 5. The van der Waals surface area contributed by atoms with Gasteiger partial charge in [-0.3, -0.25) is 19.7 Å². The van der Waals surface area contributed by atoms with Crippen molar-refractivity contribution in [2.24, 2.45) is 4.99 Å². The smallest absolute Gasteiger partial charge is 0.270 e. The first-order valence-corrected chi connectivity index (χ1v) is 8.66. The summed E-state index contributed by atoms with van der Waals surface area (Å²) < 4.78 is 1.97. The monoisotopic (exact) mass is 362 g/mol. The number of rotatable bonds is 5. The van der Waals surface area contributed by atoms with Gasteiger partial charge in [0.05, 0.1) is 16.3 Å². The summed E-state index contributed by atoms with van der Waals surface area (Å²) >= 11 is 0. The number of nitro groups is 1. The fraction of sp³-hybridized carbons (Fsp3) is 0.211. The third kappa shape index (κ3) is 3.11. The van der Waals surface area contributed by atoms with Crippen molar-refractivity contribution in [1.82, 2.24) is 20.1 Å². The van der Waals surface area contributed by atoms with Gasteiger partial charge in [-0.15, -0.1) is 10.2 Å². The molecule has 136 valence electrons. The van der Waals surface area contributed by atoms with Crippen LogP contribution in [-0.4, -0.2) is 39.0 Å². The highest BCUT2D eigenvalue weighted by atomic mass is 16.6. The highest BCUT2D eigenvalue weighted by molar-refractivity contribution is 6.15. The lowest BCUT2D eigenvalue weighted by atomic mass is 10.00. The number of fused-ring (bicyclic) bond motifs is 3. The Balaban J connectivity index is 1.93. The number of hydrogen-bond donors (Lipinski definition) is 1. The highest BCUT2D eigenvalue weighted by Crippen LogP contribution is 2.29. The Morgan fingerprint density at radius 2 is 2.00 bits per heavy atom. The molecule has 0 aliphatic carbocycles. The van der Waals surface area contributed by atoms with E-state index in [1.807, 2.05) is 41.9 Å². The van der Waals surface area contributed by atoms with E-state index >= 15 is 0 Å². The summed E-state index contributed by atoms with van der Waals surface area (Å²) in [4.78, 5) is 15.7. The number of nitro benzene ring substituents is 1. The van der Waals surface area contributed by atoms with Crippen molar-refractivity contribution in [3.8, 4) is 5.69 Å². The predicted molar refractivity (Wildman–Crippen MR) is 101 cm³/mol. The number of likely N-dealkylation sites (N-methyl/N-ethyl adjacent to an activating group) is 1. The van der Waals surface area contributed by atoms with Crippen LogP contribution in [0.25, 0.3) is 5.69 Å². The molecule has 4 rings (SSSR count). The van der Waals surface area contributed by atoms with Crippen LogP contribution in [0.3, 0.4) is 0 Å². The lowest BCUT2D eigenvalue weighted by Gasteiger charge is -2.13. The first-order chi connectivity index (χ1) is 13.2. The molecule has 0 spiro atoms. The normalized spacial score (nSPS) is 12.7. The van der Waals surface area contributed by atoms with E-state index in [9.17, 15) is 10.1 Å². The fourth-order valence-corrected chi connectivity index (χ4v) is 3.23. The molecular weight excluding hydrogens is 344 g/mol. The first-order valence-electron chi connectivity index (χ1n) is 8.66. The molecule has 0 unspecified atom stereocenters. The minimum Gasteiger partial charge on any atom is -0.319 e. The van der Waals surface area contributed by atoms with E-state index in [1.165, 1.54) is 6.07 Å². The summed E-state index contributed by atoms with van der Waals surface area (Å²) in [6, 6.07) is 14.5. The number of aliphatic imine (C=N–C) groups is 1. The van der Waals surface area contributed by atoms with E-state index in [1.54, 1.807) is 12.1 Å². The van der Waals surface area contributed by atoms with Gasteiger partial charge in [-0.05, 0) is 13.1 Å². The third-order valence-electron chi connectivity index (χ3n) is 4.51. The van der Waals surface area contributed by atoms with Crippen LogP contribution in [0, 0.1) is 10.1 Å². The number of hydrogen-bond acceptors (Lipinski definition) is 6. The molecule has 27 heavy (non-hydrogen) atoms. The molecule has 1 aliphatic heterocycles. The van der Waals surface area contributed by atoms with Crippen LogP contribution in [0.1, 0.15) is 22.8 Å². The van der Waals surface area contributed by atoms with Gasteiger partial charge in [-0.25, -0.2) is 0 Å². The minimum atomic E-state index is -0.386. The van der Waals surface area contributed by atoms with Crippen molar-refractivity contribution in [2.75, 3.05) is 13.6 Å². The molecular formula is C19H18N6O2. The van der Waals surface area contributed by atoms with Crippen LogP contribution in [0.5, 0.6) is 0 Å². The highest BCUT2D eigenvalue weighted by Gasteiger charge is 2.24. The van der Waals surface area contributed by atoms with Gasteiger partial charge in [-0.2, -0.15) is 0 Å². The molecule has 0 saturated carbocycles. The van der Waals surface area contributed by atoms with Gasteiger partial charge in [0, 0.05) is 36.2 Å². The SMILES string of the molecule is CNCCc1nnc2n1-c1ccc([N+](=O)[O-])cc1C(c1ccccc1)=NC2. The molecule has 1 N–H and O–H groups in total. The molecule has 0 fully saturated rings. The maximum Gasteiger partial charge on any atom is 0.270 e. The van der Waals surface area contributed by atoms with Crippen LogP contribution >= 0.6 is 0 Å². The zero-order valence-electron chi connectivity index (χ0n) is 14.8. The van der Waals surface area contributed by atoms with Gasteiger partial charge in [0.25, 0.3) is 5.69 Å². The van der Waals surface area contributed by atoms with Crippen molar-refractivity contribution >= 4 is 11.4 Å². The zero-order chi connectivity index (χ0) is 18.8. The number of nitrogens with one attached hydrogen (secondary N) is 1. The summed E-state index contributed by atoms with van der Waals surface area (Å²) in [7, 11) is 1.88. The van der Waals surface area contributed by atoms with E-state index < -0.39 is 0 Å². The summed E-state index contributed by atoms with van der Waals surface area (Å²) in [5.41, 5.74) is 3.19. The second-order valence-corrected chi connectivity index (χ2v) is 6.21. The maximum atomic E-state index is 11.3. The van der Waals surface area contributed by atoms with Gasteiger partial charge in [-0.1, -0.05) is 30.3 Å². The van der Waals surface area contributed by atoms with Crippen LogP contribution in [-0.2, 0) is 13.0 Å². The molecule has 0 radical (unpaired) electrons. The van der Waals surface area contributed by atoms with Gasteiger partial charge in [0.2, 0.25) is 0 Å². The summed E-state index contributed by atoms with van der Waals surface area (Å²) in [6.07, 6.45) is 0.695. The second kappa shape index (κ2) is 7.08. The van der Waals surface area contributed by atoms with Gasteiger partial charge >= 0.3 is 0 Å². The Morgan fingerprint density at radius 3 is 2.74 bits per heavy atom. The lowest BCUT2D eigenvalue weighted by Crippen LogP contribution is -2.15. The molecule has 0 bridgehead atoms. The van der Waals surface area contributed by atoms with Crippen molar-refractivity contribution in [1.29, 1.82) is 0 Å². The Kier molecular flexibility index (Phi) is 4.47. The Hall–Kier alpha value is -3.39. The Bertz CT molecular complexity index is 1030. The van der Waals surface area contributed by atoms with Gasteiger partial charge in [0.15, 0.2) is 5.82 Å². The van der Waals surface area contributed by atoms with Crippen LogP contribution in [0.4, 0.5) is 5.69 Å². The number of non-ortho nitro benzene ring substituents is 1. The summed E-state index contributed by atoms with van der Waals surface area (Å²) in [5, 5.41) is 23.1. The fourth-order valence-electron chi connectivity index (χ4n) is 3.23. The third-order valence-corrected chi connectivity index (χ3v) is 4.51. The summed E-state index contributed by atoms with van der Waals surface area (Å²) in [5.74, 6) is 1.53. The average Bonchev–Trinajstić information content (AvgIpc) is 3.02. The quantitative estimate of drug-likeness (QED) is 0.555. The van der Waals surface area contributed by atoms with E-state index in [4.69, 9.17) is 4.99 Å². The Labute approximate surface area is 155 Å². The first kappa shape index (κ1) is 17.0. The van der Waals surface area contributed by atoms with Crippen molar-refractivity contribution in [3.05, 3.63) is 81.4 Å². The lowest BCUT2D eigenvalue weighted by molar-refractivity contribution is -0.384. The summed E-state index contributed by atoms with van der Waals surface area (Å²) in [6.45, 7) is 1.12. The molecule has 8 nitrogen and oxygen atoms in total. The van der Waals surface area contributed by atoms with Crippen molar-refractivity contribution in [3.63, 3.8) is 0 Å². The van der Waals surface area contributed by atoms with Gasteiger partial charge in [0.1, 0.15) is 12.4 Å². The molecule has 3 aromatic rings. The molecule has 8 heteroatoms. The van der Waals surface area contributed by atoms with E-state index in [0.29, 0.717) is 18.5 Å². The van der Waals surface area contributed by atoms with Gasteiger partial charge < -0.3 is 5.32 Å².